The number of carbonyl (C=O) groups is 2. The van der Waals surface area contributed by atoms with Crippen LogP contribution in [0.5, 0.6) is 0 Å². The van der Waals surface area contributed by atoms with Gasteiger partial charge >= 0.3 is 5.69 Å². The smallest absolute Gasteiger partial charge is 0.331 e. The van der Waals surface area contributed by atoms with Gasteiger partial charge in [0.2, 0.25) is 5.91 Å². The second-order valence-electron chi connectivity index (χ2n) is 8.30. The molecule has 10 nitrogen and oxygen atoms in total. The Morgan fingerprint density at radius 3 is 2.69 bits per heavy atom. The molecule has 1 aromatic carbocycles. The van der Waals surface area contributed by atoms with Gasteiger partial charge in [-0.1, -0.05) is 30.3 Å². The number of rotatable bonds is 5. The number of aldehydes is 1. The summed E-state index contributed by atoms with van der Waals surface area (Å²) < 4.78 is 3.02. The second-order valence-corrected chi connectivity index (χ2v) is 8.30. The third-order valence-corrected chi connectivity index (χ3v) is 6.35. The van der Waals surface area contributed by atoms with E-state index >= 15 is 0 Å². The van der Waals surface area contributed by atoms with E-state index in [1.165, 1.54) is 4.68 Å². The highest BCUT2D eigenvalue weighted by molar-refractivity contribution is 5.87. The molecule has 5 rings (SSSR count). The van der Waals surface area contributed by atoms with Gasteiger partial charge in [-0.05, 0) is 31.2 Å². The van der Waals surface area contributed by atoms with Crippen LogP contribution in [-0.4, -0.2) is 61.5 Å². The van der Waals surface area contributed by atoms with E-state index in [0.717, 1.165) is 18.3 Å². The molecule has 0 radical (unpaired) electrons. The maximum atomic E-state index is 13.3. The highest BCUT2D eigenvalue weighted by atomic mass is 16.2. The minimum atomic E-state index is -0.625. The number of nitrogens with one attached hydrogen (secondary N) is 1. The lowest BCUT2D eigenvalue weighted by atomic mass is 10.2. The Morgan fingerprint density at radius 2 is 1.91 bits per heavy atom. The predicted molar refractivity (Wildman–Crippen MR) is 117 cm³/mol. The number of nitrogens with zero attached hydrogens (tertiary/aromatic N) is 5. The molecule has 2 fully saturated rings. The summed E-state index contributed by atoms with van der Waals surface area (Å²) in [4.78, 5) is 58.6. The van der Waals surface area contributed by atoms with Crippen LogP contribution in [-0.2, 0) is 16.1 Å². The summed E-state index contributed by atoms with van der Waals surface area (Å²) in [6, 6.07) is 8.65. The number of hydrogen-bond donors (Lipinski definition) is 1. The lowest BCUT2D eigenvalue weighted by Gasteiger charge is -2.31. The van der Waals surface area contributed by atoms with Crippen LogP contribution < -0.4 is 16.3 Å². The summed E-state index contributed by atoms with van der Waals surface area (Å²) in [5, 5.41) is 1.68. The first-order valence-corrected chi connectivity index (χ1v) is 10.9. The molecule has 32 heavy (non-hydrogen) atoms. The number of benzene rings is 1. The first-order chi connectivity index (χ1) is 15.6. The molecule has 2 aromatic heterocycles. The number of aromatic amines is 1. The topological polar surface area (TPSA) is 113 Å². The van der Waals surface area contributed by atoms with Gasteiger partial charge in [-0.25, -0.2) is 9.78 Å². The Balaban J connectivity index is 1.55. The summed E-state index contributed by atoms with van der Waals surface area (Å²) in [7, 11) is 0. The maximum absolute atomic E-state index is 13.3. The zero-order valence-corrected chi connectivity index (χ0v) is 17.5. The summed E-state index contributed by atoms with van der Waals surface area (Å²) in [6.45, 7) is 1.44. The fraction of sp³-hybridized carbons (Fsp3) is 0.409. The van der Waals surface area contributed by atoms with Gasteiger partial charge in [0.25, 0.3) is 5.56 Å². The SMILES string of the molecule is O=C[C@H]1CCCN1C(=O)[C@@H]1CCCN1n1c(=O)[nH]c(=O)c2c1ncn2Cc1ccccc1. The average molecular weight is 436 g/mol. The van der Waals surface area contributed by atoms with Crippen LogP contribution in [0.4, 0.5) is 0 Å². The van der Waals surface area contributed by atoms with E-state index in [0.29, 0.717) is 38.9 Å². The van der Waals surface area contributed by atoms with Gasteiger partial charge in [-0.15, -0.1) is 0 Å². The molecule has 4 heterocycles. The fourth-order valence-electron chi connectivity index (χ4n) is 4.84. The van der Waals surface area contributed by atoms with Crippen molar-refractivity contribution in [2.45, 2.75) is 44.3 Å². The molecule has 1 N–H and O–H groups in total. The minimum Gasteiger partial charge on any atom is -0.331 e. The van der Waals surface area contributed by atoms with Gasteiger partial charge in [0.05, 0.1) is 12.4 Å². The van der Waals surface area contributed by atoms with Crippen LogP contribution in [0.1, 0.15) is 31.2 Å². The van der Waals surface area contributed by atoms with Crippen LogP contribution in [0.3, 0.4) is 0 Å². The average Bonchev–Trinajstić information content (AvgIpc) is 3.54. The lowest BCUT2D eigenvalue weighted by Crippen LogP contribution is -2.55. The van der Waals surface area contributed by atoms with E-state index in [2.05, 4.69) is 9.97 Å². The van der Waals surface area contributed by atoms with Gasteiger partial charge in [0.15, 0.2) is 11.2 Å². The number of imidazole rings is 1. The van der Waals surface area contributed by atoms with Crippen LogP contribution in [0.25, 0.3) is 11.2 Å². The largest absolute Gasteiger partial charge is 0.349 e. The van der Waals surface area contributed by atoms with Crippen molar-refractivity contribution in [3.05, 3.63) is 63.1 Å². The first-order valence-electron chi connectivity index (χ1n) is 10.9. The van der Waals surface area contributed by atoms with E-state index in [1.807, 2.05) is 30.3 Å². The van der Waals surface area contributed by atoms with Crippen LogP contribution >= 0.6 is 0 Å². The van der Waals surface area contributed by atoms with Gasteiger partial charge in [0.1, 0.15) is 12.3 Å². The molecular weight excluding hydrogens is 412 g/mol. The van der Waals surface area contributed by atoms with Crippen molar-refractivity contribution in [3.8, 4) is 0 Å². The van der Waals surface area contributed by atoms with E-state index in [9.17, 15) is 19.2 Å². The van der Waals surface area contributed by atoms with Crippen LogP contribution in [0, 0.1) is 0 Å². The monoisotopic (exact) mass is 436 g/mol. The van der Waals surface area contributed by atoms with Crippen LogP contribution in [0.2, 0.25) is 0 Å². The van der Waals surface area contributed by atoms with Crippen molar-refractivity contribution in [1.82, 2.24) is 24.1 Å². The zero-order chi connectivity index (χ0) is 22.2. The van der Waals surface area contributed by atoms with Crippen molar-refractivity contribution < 1.29 is 9.59 Å². The third-order valence-electron chi connectivity index (χ3n) is 6.35. The maximum Gasteiger partial charge on any atom is 0.349 e. The number of fused-ring (bicyclic) bond motifs is 1. The lowest BCUT2D eigenvalue weighted by molar-refractivity contribution is -0.135. The molecular formula is C22H24N6O4. The molecule has 0 saturated carbocycles. The van der Waals surface area contributed by atoms with Crippen molar-refractivity contribution >= 4 is 23.4 Å². The van der Waals surface area contributed by atoms with Gasteiger partial charge in [-0.3, -0.25) is 19.6 Å². The van der Waals surface area contributed by atoms with E-state index in [4.69, 9.17) is 0 Å². The quantitative estimate of drug-likeness (QED) is 0.573. The molecule has 0 aliphatic carbocycles. The van der Waals surface area contributed by atoms with Crippen molar-refractivity contribution in [3.63, 3.8) is 0 Å². The van der Waals surface area contributed by atoms with Gasteiger partial charge < -0.3 is 14.3 Å². The summed E-state index contributed by atoms with van der Waals surface area (Å²) in [5.74, 6) is -0.160. The summed E-state index contributed by atoms with van der Waals surface area (Å²) >= 11 is 0. The molecule has 2 aliphatic rings. The standard InChI is InChI=1S/C22H24N6O4/c29-13-16-8-4-10-26(16)21(31)17-9-5-11-27(17)28-19-18(20(30)24-22(28)32)25(14-23-19)12-15-6-2-1-3-7-15/h1-3,6-7,13-14,16-17H,4-5,8-12H2,(H,24,30,32)/t16-,17+/m1/s1. The third kappa shape index (κ3) is 3.31. The normalized spacial score (nSPS) is 20.9. The van der Waals surface area contributed by atoms with Crippen molar-refractivity contribution in [2.75, 3.05) is 18.1 Å². The van der Waals surface area contributed by atoms with E-state index < -0.39 is 23.3 Å². The van der Waals surface area contributed by atoms with E-state index in [1.54, 1.807) is 20.8 Å². The molecule has 0 spiro atoms. The molecule has 0 unspecified atom stereocenters. The Bertz CT molecular complexity index is 1280. The number of aromatic nitrogens is 4. The first kappa shape index (κ1) is 20.2. The highest BCUT2D eigenvalue weighted by Crippen LogP contribution is 2.24. The number of H-pyrrole nitrogens is 1. The van der Waals surface area contributed by atoms with Crippen LogP contribution in [0.15, 0.2) is 46.2 Å². The molecule has 2 saturated heterocycles. The molecule has 1 amide bonds. The molecule has 3 aromatic rings. The molecule has 166 valence electrons. The van der Waals surface area contributed by atoms with Gasteiger partial charge in [0, 0.05) is 19.6 Å². The molecule has 2 atom stereocenters. The molecule has 10 heteroatoms. The summed E-state index contributed by atoms with van der Waals surface area (Å²) in [6.07, 6.45) is 5.09. The van der Waals surface area contributed by atoms with E-state index in [-0.39, 0.29) is 17.1 Å². The van der Waals surface area contributed by atoms with Crippen molar-refractivity contribution in [1.29, 1.82) is 0 Å². The second kappa shape index (κ2) is 8.10. The van der Waals surface area contributed by atoms with Gasteiger partial charge in [-0.2, -0.15) is 4.68 Å². The Morgan fingerprint density at radius 1 is 1.12 bits per heavy atom. The number of amides is 1. The summed E-state index contributed by atoms with van der Waals surface area (Å²) in [5.41, 5.74) is 0.353. The number of carbonyl (C=O) groups excluding carboxylic acids is 2. The Kier molecular flexibility index (Phi) is 5.12. The zero-order valence-electron chi connectivity index (χ0n) is 17.5. The fourth-order valence-corrected chi connectivity index (χ4v) is 4.84. The Labute approximate surface area is 183 Å². The molecule has 2 aliphatic heterocycles. The highest BCUT2D eigenvalue weighted by Gasteiger charge is 2.39. The predicted octanol–water partition coefficient (Wildman–Crippen LogP) is 0.225. The minimum absolute atomic E-state index is 0.160. The number of likely N-dealkylation sites (tertiary alicyclic amines) is 1. The molecule has 0 bridgehead atoms. The van der Waals surface area contributed by atoms with Crippen molar-refractivity contribution in [2.24, 2.45) is 0 Å². The Hall–Kier alpha value is -3.69. The number of hydrogen-bond acceptors (Lipinski definition) is 6.